The molecule has 0 saturated carbocycles. The third-order valence-electron chi connectivity index (χ3n) is 2.88. The van der Waals surface area contributed by atoms with Gasteiger partial charge in [0.15, 0.2) is 11.5 Å². The quantitative estimate of drug-likeness (QED) is 0.796. The smallest absolute Gasteiger partial charge is 0.165 e. The van der Waals surface area contributed by atoms with Crippen LogP contribution in [-0.4, -0.2) is 19.8 Å². The van der Waals surface area contributed by atoms with Crippen LogP contribution in [0.3, 0.4) is 0 Å². The minimum atomic E-state index is 0.749. The number of nitrogens with one attached hydrogen (secondary N) is 1. The first-order chi connectivity index (χ1) is 8.42. The fourth-order valence-electron chi connectivity index (χ4n) is 1.92. The number of para-hydroxylation sites is 1. The number of hydrogen-bond donors (Lipinski definition) is 1. The largest absolute Gasteiger partial charge is 0.490 e. The lowest BCUT2D eigenvalue weighted by molar-refractivity contribution is 0.296. The van der Waals surface area contributed by atoms with Crippen molar-refractivity contribution in [2.45, 2.75) is 32.7 Å². The third kappa shape index (κ3) is 3.37. The first-order valence-electron chi connectivity index (χ1n) is 6.50. The van der Waals surface area contributed by atoms with Gasteiger partial charge >= 0.3 is 0 Å². The normalized spacial score (nSPS) is 14.4. The van der Waals surface area contributed by atoms with Crippen LogP contribution < -0.4 is 14.8 Å². The van der Waals surface area contributed by atoms with Crippen LogP contribution in [0.2, 0.25) is 0 Å². The van der Waals surface area contributed by atoms with Crippen molar-refractivity contribution in [1.82, 2.24) is 5.32 Å². The molecule has 0 unspecified atom stereocenters. The van der Waals surface area contributed by atoms with Gasteiger partial charge in [-0.1, -0.05) is 25.5 Å². The van der Waals surface area contributed by atoms with Gasteiger partial charge in [0.05, 0.1) is 13.2 Å². The molecular weight excluding hydrogens is 214 g/mol. The standard InChI is InChI=1S/C14H21NO2/c1-2-3-8-15-11-12-6-4-7-13-14(12)17-10-5-9-16-13/h4,6-7,15H,2-3,5,8-11H2,1H3. The van der Waals surface area contributed by atoms with Crippen LogP contribution in [0.25, 0.3) is 0 Å². The molecule has 3 heteroatoms. The van der Waals surface area contributed by atoms with E-state index in [0.29, 0.717) is 0 Å². The summed E-state index contributed by atoms with van der Waals surface area (Å²) in [5, 5.41) is 3.44. The van der Waals surface area contributed by atoms with E-state index in [1.54, 1.807) is 0 Å². The van der Waals surface area contributed by atoms with Crippen molar-refractivity contribution in [3.63, 3.8) is 0 Å². The maximum Gasteiger partial charge on any atom is 0.165 e. The Labute approximate surface area is 103 Å². The Morgan fingerprint density at radius 1 is 1.24 bits per heavy atom. The van der Waals surface area contributed by atoms with E-state index in [9.17, 15) is 0 Å². The molecule has 1 aliphatic heterocycles. The number of ether oxygens (including phenoxy) is 2. The molecule has 0 bridgehead atoms. The fourth-order valence-corrected chi connectivity index (χ4v) is 1.92. The van der Waals surface area contributed by atoms with Crippen molar-refractivity contribution < 1.29 is 9.47 Å². The number of benzene rings is 1. The molecule has 0 aromatic heterocycles. The van der Waals surface area contributed by atoms with Crippen molar-refractivity contribution in [3.05, 3.63) is 23.8 Å². The Kier molecular flexibility index (Phi) is 4.68. The average molecular weight is 235 g/mol. The number of rotatable bonds is 5. The molecule has 0 fully saturated rings. The third-order valence-corrected chi connectivity index (χ3v) is 2.88. The van der Waals surface area contributed by atoms with Gasteiger partial charge in [-0.25, -0.2) is 0 Å². The molecule has 3 nitrogen and oxygen atoms in total. The SMILES string of the molecule is CCCCNCc1cccc2c1OCCCO2. The highest BCUT2D eigenvalue weighted by molar-refractivity contribution is 5.46. The van der Waals surface area contributed by atoms with Gasteiger partial charge in [-0.3, -0.25) is 0 Å². The molecule has 0 spiro atoms. The lowest BCUT2D eigenvalue weighted by Crippen LogP contribution is -2.15. The second kappa shape index (κ2) is 6.50. The lowest BCUT2D eigenvalue weighted by Gasteiger charge is -2.12. The van der Waals surface area contributed by atoms with Crippen molar-refractivity contribution >= 4 is 0 Å². The van der Waals surface area contributed by atoms with Gasteiger partial charge in [-0.15, -0.1) is 0 Å². The van der Waals surface area contributed by atoms with Crippen molar-refractivity contribution in [1.29, 1.82) is 0 Å². The van der Waals surface area contributed by atoms with Crippen LogP contribution in [-0.2, 0) is 6.54 Å². The molecule has 0 amide bonds. The first-order valence-corrected chi connectivity index (χ1v) is 6.50. The van der Waals surface area contributed by atoms with E-state index < -0.39 is 0 Å². The summed E-state index contributed by atoms with van der Waals surface area (Å²) in [6.45, 7) is 5.61. The summed E-state index contributed by atoms with van der Waals surface area (Å²) in [5.41, 5.74) is 1.19. The Balaban J connectivity index is 2.01. The predicted octanol–water partition coefficient (Wildman–Crippen LogP) is 2.74. The maximum absolute atomic E-state index is 5.77. The zero-order chi connectivity index (χ0) is 11.9. The molecule has 1 N–H and O–H groups in total. The maximum atomic E-state index is 5.77. The van der Waals surface area contributed by atoms with Gasteiger partial charge in [-0.2, -0.15) is 0 Å². The number of fused-ring (bicyclic) bond motifs is 1. The van der Waals surface area contributed by atoms with Gasteiger partial charge in [0, 0.05) is 18.5 Å². The molecule has 2 rings (SSSR count). The van der Waals surface area contributed by atoms with Gasteiger partial charge in [-0.05, 0) is 19.0 Å². The molecular formula is C14H21NO2. The van der Waals surface area contributed by atoms with Crippen LogP contribution >= 0.6 is 0 Å². The Morgan fingerprint density at radius 3 is 3.00 bits per heavy atom. The molecule has 0 saturated heterocycles. The second-order valence-corrected chi connectivity index (χ2v) is 4.33. The zero-order valence-corrected chi connectivity index (χ0v) is 10.5. The summed E-state index contributed by atoms with van der Waals surface area (Å²) in [5.74, 6) is 1.81. The predicted molar refractivity (Wildman–Crippen MR) is 68.7 cm³/mol. The summed E-state index contributed by atoms with van der Waals surface area (Å²) < 4.78 is 11.4. The Hall–Kier alpha value is -1.22. The summed E-state index contributed by atoms with van der Waals surface area (Å²) in [6, 6.07) is 6.12. The van der Waals surface area contributed by atoms with E-state index in [0.717, 1.165) is 44.2 Å². The average Bonchev–Trinajstić information content (AvgIpc) is 2.60. The minimum Gasteiger partial charge on any atom is -0.490 e. The van der Waals surface area contributed by atoms with Crippen LogP contribution in [0.1, 0.15) is 31.7 Å². The highest BCUT2D eigenvalue weighted by atomic mass is 16.5. The van der Waals surface area contributed by atoms with Crippen molar-refractivity contribution in [3.8, 4) is 11.5 Å². The fraction of sp³-hybridized carbons (Fsp3) is 0.571. The molecule has 0 atom stereocenters. The van der Waals surface area contributed by atoms with E-state index >= 15 is 0 Å². The van der Waals surface area contributed by atoms with Gasteiger partial charge < -0.3 is 14.8 Å². The second-order valence-electron chi connectivity index (χ2n) is 4.33. The van der Waals surface area contributed by atoms with Crippen molar-refractivity contribution in [2.24, 2.45) is 0 Å². The Morgan fingerprint density at radius 2 is 2.12 bits per heavy atom. The number of unbranched alkanes of at least 4 members (excludes halogenated alkanes) is 1. The van der Waals surface area contributed by atoms with E-state index in [2.05, 4.69) is 18.3 Å². The van der Waals surface area contributed by atoms with Crippen LogP contribution in [0.4, 0.5) is 0 Å². The lowest BCUT2D eigenvalue weighted by atomic mass is 10.2. The molecule has 1 aromatic rings. The van der Waals surface area contributed by atoms with E-state index in [1.807, 2.05) is 12.1 Å². The van der Waals surface area contributed by atoms with Crippen LogP contribution in [0.5, 0.6) is 11.5 Å². The molecule has 0 aliphatic carbocycles. The highest BCUT2D eigenvalue weighted by Gasteiger charge is 2.13. The summed E-state index contributed by atoms with van der Waals surface area (Å²) in [4.78, 5) is 0. The van der Waals surface area contributed by atoms with Gasteiger partial charge in [0.25, 0.3) is 0 Å². The summed E-state index contributed by atoms with van der Waals surface area (Å²) in [7, 11) is 0. The molecule has 94 valence electrons. The van der Waals surface area contributed by atoms with Crippen LogP contribution in [0, 0.1) is 0 Å². The van der Waals surface area contributed by atoms with Gasteiger partial charge in [0.2, 0.25) is 0 Å². The summed E-state index contributed by atoms with van der Waals surface area (Å²) >= 11 is 0. The van der Waals surface area contributed by atoms with Crippen molar-refractivity contribution in [2.75, 3.05) is 19.8 Å². The zero-order valence-electron chi connectivity index (χ0n) is 10.5. The molecule has 0 radical (unpaired) electrons. The molecule has 1 aromatic carbocycles. The van der Waals surface area contributed by atoms with E-state index in [1.165, 1.54) is 18.4 Å². The monoisotopic (exact) mass is 235 g/mol. The highest BCUT2D eigenvalue weighted by Crippen LogP contribution is 2.32. The van der Waals surface area contributed by atoms with Crippen LogP contribution in [0.15, 0.2) is 18.2 Å². The summed E-state index contributed by atoms with van der Waals surface area (Å²) in [6.07, 6.45) is 3.39. The van der Waals surface area contributed by atoms with E-state index in [-0.39, 0.29) is 0 Å². The van der Waals surface area contributed by atoms with Gasteiger partial charge in [0.1, 0.15) is 0 Å². The molecule has 1 aliphatic rings. The van der Waals surface area contributed by atoms with E-state index in [4.69, 9.17) is 9.47 Å². The molecule has 1 heterocycles. The number of hydrogen-bond acceptors (Lipinski definition) is 3. The minimum absolute atomic E-state index is 0.749. The topological polar surface area (TPSA) is 30.5 Å². The Bertz CT molecular complexity index is 352. The molecule has 17 heavy (non-hydrogen) atoms. The first kappa shape index (κ1) is 12.2.